The van der Waals surface area contributed by atoms with Crippen molar-refractivity contribution in [3.8, 4) is 0 Å². The van der Waals surface area contributed by atoms with E-state index in [-0.39, 0.29) is 12.0 Å². The minimum Gasteiger partial charge on any atom is -0.379 e. The monoisotopic (exact) mass is 403 g/mol. The van der Waals surface area contributed by atoms with Gasteiger partial charge in [0.2, 0.25) is 5.95 Å². The molecule has 8 heteroatoms. The molecule has 28 heavy (non-hydrogen) atoms. The maximum absolute atomic E-state index is 6.74. The largest absolute Gasteiger partial charge is 0.379 e. The van der Waals surface area contributed by atoms with E-state index in [1.807, 2.05) is 19.1 Å². The molecule has 2 aliphatic rings. The summed E-state index contributed by atoms with van der Waals surface area (Å²) < 4.78 is 11.4. The third kappa shape index (κ3) is 4.16. The van der Waals surface area contributed by atoms with Crippen molar-refractivity contribution in [3.63, 3.8) is 0 Å². The van der Waals surface area contributed by atoms with Crippen LogP contribution in [0.25, 0.3) is 0 Å². The molecule has 0 saturated carbocycles. The van der Waals surface area contributed by atoms with Crippen molar-refractivity contribution in [2.45, 2.75) is 25.8 Å². The molecule has 2 aromatic rings. The van der Waals surface area contributed by atoms with Crippen LogP contribution in [0.3, 0.4) is 0 Å². The summed E-state index contributed by atoms with van der Waals surface area (Å²) in [6.07, 6.45) is 1.94. The average molecular weight is 404 g/mol. The molecule has 2 N–H and O–H groups in total. The predicted molar refractivity (Wildman–Crippen MR) is 111 cm³/mol. The lowest BCUT2D eigenvalue weighted by Crippen LogP contribution is -2.33. The molecule has 150 valence electrons. The number of benzene rings is 1. The van der Waals surface area contributed by atoms with Crippen LogP contribution in [0.15, 0.2) is 24.3 Å². The van der Waals surface area contributed by atoms with E-state index in [1.165, 1.54) is 0 Å². The highest BCUT2D eigenvalue weighted by Crippen LogP contribution is 2.35. The van der Waals surface area contributed by atoms with E-state index in [1.54, 1.807) is 0 Å². The number of nitrogens with two attached hydrogens (primary N) is 1. The van der Waals surface area contributed by atoms with Crippen LogP contribution in [0.1, 0.15) is 30.1 Å². The van der Waals surface area contributed by atoms with E-state index in [0.29, 0.717) is 19.9 Å². The van der Waals surface area contributed by atoms with Crippen molar-refractivity contribution < 1.29 is 9.47 Å². The second kappa shape index (κ2) is 8.51. The zero-order valence-corrected chi connectivity index (χ0v) is 16.9. The van der Waals surface area contributed by atoms with E-state index in [2.05, 4.69) is 31.9 Å². The Morgan fingerprint density at radius 1 is 1.11 bits per heavy atom. The summed E-state index contributed by atoms with van der Waals surface area (Å²) in [5, 5.41) is 0.724. The number of halogens is 1. The SMILES string of the molecule is Cc1cc(N2CCCOC[C@@H]2c2ccc(N3CCCOC3)cc2Cl)nc(N)n1. The van der Waals surface area contributed by atoms with Gasteiger partial charge in [0.25, 0.3) is 0 Å². The van der Waals surface area contributed by atoms with Gasteiger partial charge in [-0.2, -0.15) is 4.98 Å². The molecule has 2 saturated heterocycles. The molecule has 2 fully saturated rings. The second-order valence-corrected chi connectivity index (χ2v) is 7.63. The van der Waals surface area contributed by atoms with Gasteiger partial charge in [-0.1, -0.05) is 17.7 Å². The summed E-state index contributed by atoms with van der Waals surface area (Å²) in [5.41, 5.74) is 8.85. The van der Waals surface area contributed by atoms with Crippen molar-refractivity contribution >= 4 is 29.1 Å². The highest BCUT2D eigenvalue weighted by atomic mass is 35.5. The Bertz CT molecular complexity index is 808. The third-order valence-corrected chi connectivity index (χ3v) is 5.49. The van der Waals surface area contributed by atoms with Gasteiger partial charge in [0.05, 0.1) is 19.3 Å². The fourth-order valence-electron chi connectivity index (χ4n) is 3.81. The maximum atomic E-state index is 6.74. The van der Waals surface area contributed by atoms with Gasteiger partial charge in [-0.15, -0.1) is 0 Å². The lowest BCUT2D eigenvalue weighted by molar-refractivity contribution is 0.107. The van der Waals surface area contributed by atoms with Crippen LogP contribution < -0.4 is 15.5 Å². The molecule has 0 amide bonds. The quantitative estimate of drug-likeness (QED) is 0.843. The second-order valence-electron chi connectivity index (χ2n) is 7.22. The van der Waals surface area contributed by atoms with Gasteiger partial charge in [-0.05, 0) is 37.5 Å². The number of nitrogens with zero attached hydrogens (tertiary/aromatic N) is 4. The summed E-state index contributed by atoms with van der Waals surface area (Å²) in [4.78, 5) is 13.1. The lowest BCUT2D eigenvalue weighted by atomic mass is 10.0. The average Bonchev–Trinajstić information content (AvgIpc) is 2.94. The molecule has 0 radical (unpaired) electrons. The van der Waals surface area contributed by atoms with Crippen molar-refractivity contribution in [3.05, 3.63) is 40.5 Å². The molecular formula is C20H26ClN5O2. The first-order valence-electron chi connectivity index (χ1n) is 9.69. The number of hydrogen-bond acceptors (Lipinski definition) is 7. The van der Waals surface area contributed by atoms with Gasteiger partial charge in [0.15, 0.2) is 0 Å². The Morgan fingerprint density at radius 2 is 1.93 bits per heavy atom. The number of aryl methyl sites for hydroxylation is 1. The Kier molecular flexibility index (Phi) is 5.85. The Hall–Kier alpha value is -2.09. The number of ether oxygens (including phenoxy) is 2. The van der Waals surface area contributed by atoms with E-state index in [4.69, 9.17) is 26.8 Å². The molecule has 1 atom stereocenters. The summed E-state index contributed by atoms with van der Waals surface area (Å²) in [6.45, 7) is 6.41. The summed E-state index contributed by atoms with van der Waals surface area (Å²) in [5.74, 6) is 1.09. The first-order valence-corrected chi connectivity index (χ1v) is 10.1. The molecule has 3 heterocycles. The highest BCUT2D eigenvalue weighted by molar-refractivity contribution is 6.31. The van der Waals surface area contributed by atoms with Crippen LogP contribution in [0.2, 0.25) is 5.02 Å². The van der Waals surface area contributed by atoms with Gasteiger partial charge in [-0.25, -0.2) is 4.98 Å². The Balaban J connectivity index is 1.66. The smallest absolute Gasteiger partial charge is 0.222 e. The van der Waals surface area contributed by atoms with Gasteiger partial charge >= 0.3 is 0 Å². The topological polar surface area (TPSA) is 76.7 Å². The molecule has 0 spiro atoms. The third-order valence-electron chi connectivity index (χ3n) is 5.16. The Morgan fingerprint density at radius 3 is 2.68 bits per heavy atom. The zero-order valence-electron chi connectivity index (χ0n) is 16.1. The maximum Gasteiger partial charge on any atom is 0.222 e. The van der Waals surface area contributed by atoms with Gasteiger partial charge in [-0.3, -0.25) is 0 Å². The molecule has 0 bridgehead atoms. The fourth-order valence-corrected chi connectivity index (χ4v) is 4.12. The number of rotatable bonds is 3. The van der Waals surface area contributed by atoms with E-state index in [0.717, 1.165) is 60.3 Å². The number of aromatic nitrogens is 2. The normalized spacial score (nSPS) is 20.9. The van der Waals surface area contributed by atoms with Crippen molar-refractivity contribution in [2.24, 2.45) is 0 Å². The van der Waals surface area contributed by atoms with Crippen LogP contribution >= 0.6 is 11.6 Å². The molecule has 7 nitrogen and oxygen atoms in total. The first kappa shape index (κ1) is 19.2. The van der Waals surface area contributed by atoms with Crippen LogP contribution in [0.4, 0.5) is 17.5 Å². The van der Waals surface area contributed by atoms with E-state index >= 15 is 0 Å². The predicted octanol–water partition coefficient (Wildman–Crippen LogP) is 3.17. The Labute approximate surface area is 170 Å². The molecule has 4 rings (SSSR count). The summed E-state index contributed by atoms with van der Waals surface area (Å²) in [6, 6.07) is 8.15. The van der Waals surface area contributed by atoms with Crippen LogP contribution in [0.5, 0.6) is 0 Å². The molecular weight excluding hydrogens is 378 g/mol. The van der Waals surface area contributed by atoms with Gasteiger partial charge in [0.1, 0.15) is 12.5 Å². The number of hydrogen-bond donors (Lipinski definition) is 1. The van der Waals surface area contributed by atoms with Crippen LogP contribution in [0, 0.1) is 6.92 Å². The molecule has 2 aliphatic heterocycles. The summed E-state index contributed by atoms with van der Waals surface area (Å²) >= 11 is 6.74. The van der Waals surface area contributed by atoms with Crippen LogP contribution in [-0.2, 0) is 9.47 Å². The fraction of sp³-hybridized carbons (Fsp3) is 0.500. The zero-order chi connectivity index (χ0) is 19.5. The molecule has 0 unspecified atom stereocenters. The van der Waals surface area contributed by atoms with Crippen molar-refractivity contribution in [1.82, 2.24) is 9.97 Å². The molecule has 1 aromatic heterocycles. The number of nitrogen functional groups attached to an aromatic ring is 1. The molecule has 1 aromatic carbocycles. The van der Waals surface area contributed by atoms with Gasteiger partial charge < -0.3 is 25.0 Å². The molecule has 0 aliphatic carbocycles. The standard InChI is InChI=1S/C20H26ClN5O2/c1-14-10-19(24-20(22)23-14)26-7-3-8-27-12-18(26)16-5-4-15(11-17(16)21)25-6-2-9-28-13-25/h4-5,10-11,18H,2-3,6-9,12-13H2,1H3,(H2,22,23,24)/t18-/m1/s1. The van der Waals surface area contributed by atoms with Gasteiger partial charge in [0, 0.05) is 42.2 Å². The van der Waals surface area contributed by atoms with E-state index in [9.17, 15) is 0 Å². The highest BCUT2D eigenvalue weighted by Gasteiger charge is 2.27. The van der Waals surface area contributed by atoms with Crippen molar-refractivity contribution in [2.75, 3.05) is 55.2 Å². The number of anilines is 3. The first-order chi connectivity index (χ1) is 13.6. The minimum absolute atomic E-state index is 0.0321. The summed E-state index contributed by atoms with van der Waals surface area (Å²) in [7, 11) is 0. The minimum atomic E-state index is -0.0321. The van der Waals surface area contributed by atoms with Crippen LogP contribution in [-0.4, -0.2) is 49.6 Å². The van der Waals surface area contributed by atoms with E-state index < -0.39 is 0 Å². The lowest BCUT2D eigenvalue weighted by Gasteiger charge is -2.33. The van der Waals surface area contributed by atoms with Crippen molar-refractivity contribution in [1.29, 1.82) is 0 Å².